The van der Waals surface area contributed by atoms with Gasteiger partial charge in [0.05, 0.1) is 6.54 Å². The van der Waals surface area contributed by atoms with Crippen LogP contribution in [-0.2, 0) is 16.8 Å². The molecular formula is C20H22N4O2. The van der Waals surface area contributed by atoms with Crippen LogP contribution in [-0.4, -0.2) is 34.9 Å². The van der Waals surface area contributed by atoms with Crippen molar-refractivity contribution in [2.24, 2.45) is 5.73 Å². The van der Waals surface area contributed by atoms with Gasteiger partial charge in [0.2, 0.25) is 5.91 Å². The van der Waals surface area contributed by atoms with Gasteiger partial charge in [0.1, 0.15) is 0 Å². The number of nitrogens with zero attached hydrogens (tertiary/aromatic N) is 3. The molecule has 0 aliphatic carbocycles. The van der Waals surface area contributed by atoms with Crippen molar-refractivity contribution < 1.29 is 9.59 Å². The van der Waals surface area contributed by atoms with Gasteiger partial charge in [0.25, 0.3) is 0 Å². The number of fused-ring (bicyclic) bond motifs is 2. The van der Waals surface area contributed by atoms with E-state index in [9.17, 15) is 9.59 Å². The molecule has 0 atom stereocenters. The van der Waals surface area contributed by atoms with E-state index >= 15 is 0 Å². The van der Waals surface area contributed by atoms with E-state index < -0.39 is 0 Å². The second-order valence-corrected chi connectivity index (χ2v) is 7.14. The highest BCUT2D eigenvalue weighted by atomic mass is 16.2. The van der Waals surface area contributed by atoms with Crippen molar-refractivity contribution in [3.63, 3.8) is 0 Å². The Balaban J connectivity index is 1.67. The highest BCUT2D eigenvalue weighted by molar-refractivity contribution is 5.98. The fourth-order valence-electron chi connectivity index (χ4n) is 4.22. The second kappa shape index (κ2) is 6.44. The van der Waals surface area contributed by atoms with Crippen LogP contribution in [0.25, 0.3) is 0 Å². The van der Waals surface area contributed by atoms with Gasteiger partial charge in [-0.25, -0.2) is 4.79 Å². The number of nitrogens with two attached hydrogens (primary N) is 1. The Bertz CT molecular complexity index is 829. The van der Waals surface area contributed by atoms with Gasteiger partial charge in [-0.3, -0.25) is 9.78 Å². The van der Waals surface area contributed by atoms with Gasteiger partial charge in [-0.1, -0.05) is 24.3 Å². The number of hydrogen-bond acceptors (Lipinski definition) is 3. The first-order valence-electron chi connectivity index (χ1n) is 8.92. The molecule has 3 amide bonds. The number of para-hydroxylation sites is 1. The molecule has 134 valence electrons. The van der Waals surface area contributed by atoms with E-state index in [2.05, 4.69) is 11.1 Å². The molecule has 1 saturated heterocycles. The molecule has 2 aliphatic rings. The highest BCUT2D eigenvalue weighted by Crippen LogP contribution is 2.47. The van der Waals surface area contributed by atoms with E-state index in [0.29, 0.717) is 26.1 Å². The number of rotatable bonds is 2. The Hall–Kier alpha value is -2.89. The Morgan fingerprint density at radius 3 is 2.62 bits per heavy atom. The third kappa shape index (κ3) is 2.81. The van der Waals surface area contributed by atoms with Gasteiger partial charge in [0.15, 0.2) is 0 Å². The van der Waals surface area contributed by atoms with Gasteiger partial charge >= 0.3 is 6.03 Å². The maximum atomic E-state index is 13.1. The summed E-state index contributed by atoms with van der Waals surface area (Å²) in [5, 5.41) is 0. The lowest BCUT2D eigenvalue weighted by Gasteiger charge is -2.47. The maximum Gasteiger partial charge on any atom is 0.314 e. The van der Waals surface area contributed by atoms with Crippen LogP contribution in [0.2, 0.25) is 0 Å². The second-order valence-electron chi connectivity index (χ2n) is 7.14. The molecule has 0 saturated carbocycles. The number of urea groups is 1. The van der Waals surface area contributed by atoms with E-state index in [1.165, 1.54) is 5.56 Å². The van der Waals surface area contributed by atoms with Gasteiger partial charge in [-0.05, 0) is 36.1 Å². The summed E-state index contributed by atoms with van der Waals surface area (Å²) in [6.07, 6.45) is 5.53. The van der Waals surface area contributed by atoms with Crippen LogP contribution in [0.3, 0.4) is 0 Å². The fraction of sp³-hybridized carbons (Fsp3) is 0.350. The first-order chi connectivity index (χ1) is 12.6. The SMILES string of the molecule is NC(=O)N1CCC2(CC1)CC(=O)N(Cc1cccnc1)c1ccccc12. The van der Waals surface area contributed by atoms with Crippen molar-refractivity contribution in [1.82, 2.24) is 9.88 Å². The normalized spacial score (nSPS) is 18.7. The molecule has 26 heavy (non-hydrogen) atoms. The zero-order valence-electron chi connectivity index (χ0n) is 14.6. The zero-order chi connectivity index (χ0) is 18.1. The number of amides is 3. The molecule has 0 bridgehead atoms. The lowest BCUT2D eigenvalue weighted by atomic mass is 9.67. The summed E-state index contributed by atoms with van der Waals surface area (Å²) in [6.45, 7) is 1.71. The number of aromatic nitrogens is 1. The smallest absolute Gasteiger partial charge is 0.314 e. The van der Waals surface area contributed by atoms with Crippen LogP contribution in [0.1, 0.15) is 30.4 Å². The van der Waals surface area contributed by atoms with Crippen molar-refractivity contribution in [3.05, 3.63) is 59.9 Å². The number of hydrogen-bond donors (Lipinski definition) is 1. The van der Waals surface area contributed by atoms with Gasteiger partial charge in [0, 0.05) is 43.0 Å². The van der Waals surface area contributed by atoms with Crippen molar-refractivity contribution in [1.29, 1.82) is 0 Å². The zero-order valence-corrected chi connectivity index (χ0v) is 14.6. The summed E-state index contributed by atoms with van der Waals surface area (Å²) in [5.74, 6) is 0.125. The maximum absolute atomic E-state index is 13.1. The molecule has 3 heterocycles. The van der Waals surface area contributed by atoms with E-state index in [0.717, 1.165) is 24.1 Å². The minimum absolute atomic E-state index is 0.125. The van der Waals surface area contributed by atoms with Gasteiger partial charge in [-0.15, -0.1) is 0 Å². The predicted octanol–water partition coefficient (Wildman–Crippen LogP) is 2.43. The molecule has 1 aromatic heterocycles. The molecule has 1 spiro atoms. The highest BCUT2D eigenvalue weighted by Gasteiger charge is 2.45. The van der Waals surface area contributed by atoms with Crippen molar-refractivity contribution in [3.8, 4) is 0 Å². The van der Waals surface area contributed by atoms with Crippen LogP contribution in [0.5, 0.6) is 0 Å². The third-order valence-electron chi connectivity index (χ3n) is 5.65. The predicted molar refractivity (Wildman–Crippen MR) is 98.6 cm³/mol. The average molecular weight is 350 g/mol. The Morgan fingerprint density at radius 1 is 1.15 bits per heavy atom. The third-order valence-corrected chi connectivity index (χ3v) is 5.65. The monoisotopic (exact) mass is 350 g/mol. The van der Waals surface area contributed by atoms with Crippen molar-refractivity contribution in [2.75, 3.05) is 18.0 Å². The molecule has 4 rings (SSSR count). The summed E-state index contributed by atoms with van der Waals surface area (Å²) in [5.41, 5.74) is 8.40. The molecule has 2 N–H and O–H groups in total. The minimum Gasteiger partial charge on any atom is -0.351 e. The molecule has 1 aromatic carbocycles. The van der Waals surface area contributed by atoms with Crippen molar-refractivity contribution in [2.45, 2.75) is 31.2 Å². The van der Waals surface area contributed by atoms with Crippen LogP contribution in [0.4, 0.5) is 10.5 Å². The quantitative estimate of drug-likeness (QED) is 0.903. The standard InChI is InChI=1S/C20H22N4O2/c21-19(26)23-10-7-20(8-11-23)12-18(25)24(14-15-4-3-9-22-13-15)17-6-2-1-5-16(17)20/h1-6,9,13H,7-8,10-12,14H2,(H2,21,26). The fourth-order valence-corrected chi connectivity index (χ4v) is 4.22. The number of primary amides is 1. The van der Waals surface area contributed by atoms with Crippen molar-refractivity contribution >= 4 is 17.6 Å². The lowest BCUT2D eigenvalue weighted by Crippen LogP contribution is -2.51. The van der Waals surface area contributed by atoms with Crippen LogP contribution in [0.15, 0.2) is 48.8 Å². The van der Waals surface area contributed by atoms with Crippen LogP contribution < -0.4 is 10.6 Å². The molecular weight excluding hydrogens is 328 g/mol. The van der Waals surface area contributed by atoms with E-state index in [1.807, 2.05) is 35.2 Å². The molecule has 0 radical (unpaired) electrons. The van der Waals surface area contributed by atoms with E-state index in [4.69, 9.17) is 5.73 Å². The number of benzene rings is 1. The number of pyridine rings is 1. The Kier molecular flexibility index (Phi) is 4.11. The largest absolute Gasteiger partial charge is 0.351 e. The lowest BCUT2D eigenvalue weighted by molar-refractivity contribution is -0.121. The van der Waals surface area contributed by atoms with Gasteiger partial charge in [-0.2, -0.15) is 0 Å². The number of carbonyl (C=O) groups excluding carboxylic acids is 2. The summed E-state index contributed by atoms with van der Waals surface area (Å²) in [4.78, 5) is 32.2. The summed E-state index contributed by atoms with van der Waals surface area (Å²) in [7, 11) is 0. The summed E-state index contributed by atoms with van der Waals surface area (Å²) in [6, 6.07) is 11.6. The first-order valence-corrected chi connectivity index (χ1v) is 8.92. The van der Waals surface area contributed by atoms with E-state index in [-0.39, 0.29) is 17.4 Å². The molecule has 6 nitrogen and oxygen atoms in total. The van der Waals surface area contributed by atoms with Crippen LogP contribution >= 0.6 is 0 Å². The topological polar surface area (TPSA) is 79.5 Å². The van der Waals surface area contributed by atoms with E-state index in [1.54, 1.807) is 17.3 Å². The molecule has 1 fully saturated rings. The number of piperidine rings is 1. The van der Waals surface area contributed by atoms with Crippen LogP contribution in [0, 0.1) is 0 Å². The Morgan fingerprint density at radius 2 is 1.92 bits per heavy atom. The molecule has 0 unspecified atom stereocenters. The molecule has 6 heteroatoms. The molecule has 2 aliphatic heterocycles. The number of likely N-dealkylation sites (tertiary alicyclic amines) is 1. The molecule has 2 aromatic rings. The van der Waals surface area contributed by atoms with Gasteiger partial charge < -0.3 is 15.5 Å². The summed E-state index contributed by atoms with van der Waals surface area (Å²) < 4.78 is 0. The summed E-state index contributed by atoms with van der Waals surface area (Å²) >= 11 is 0. The average Bonchev–Trinajstić information content (AvgIpc) is 2.66. The minimum atomic E-state index is -0.381. The number of anilines is 1. The Labute approximate surface area is 152 Å². The number of carbonyl (C=O) groups is 2. The first kappa shape index (κ1) is 16.6.